The third-order valence-electron chi connectivity index (χ3n) is 3.47. The highest BCUT2D eigenvalue weighted by Crippen LogP contribution is 2.15. The summed E-state index contributed by atoms with van der Waals surface area (Å²) in [5, 5.41) is 2.82. The van der Waals surface area contributed by atoms with E-state index in [1.807, 2.05) is 18.7 Å². The number of amides is 2. The largest absolute Gasteiger partial charge is 0.497 e. The minimum Gasteiger partial charge on any atom is -0.497 e. The Balaban J connectivity index is 2.62. The van der Waals surface area contributed by atoms with Crippen LogP contribution in [0.4, 0.5) is 5.69 Å². The summed E-state index contributed by atoms with van der Waals surface area (Å²) in [4.78, 5) is 27.5. The highest BCUT2D eigenvalue weighted by atomic mass is 16.5. The topological polar surface area (TPSA) is 61.9 Å². The van der Waals surface area contributed by atoms with E-state index in [0.717, 1.165) is 5.75 Å². The van der Waals surface area contributed by atoms with Gasteiger partial charge in [-0.2, -0.15) is 0 Å². The summed E-state index contributed by atoms with van der Waals surface area (Å²) in [5.41, 5.74) is 0.702. The molecule has 0 aliphatic rings. The molecule has 0 spiro atoms. The van der Waals surface area contributed by atoms with Gasteiger partial charge < -0.3 is 15.0 Å². The second-order valence-corrected chi connectivity index (χ2v) is 5.25. The molecule has 0 bridgehead atoms. The highest BCUT2D eigenvalue weighted by molar-refractivity contribution is 5.92. The number of anilines is 1. The van der Waals surface area contributed by atoms with Crippen molar-refractivity contribution in [2.24, 2.45) is 0 Å². The molecule has 6 heteroatoms. The van der Waals surface area contributed by atoms with Gasteiger partial charge in [-0.1, -0.05) is 6.92 Å². The van der Waals surface area contributed by atoms with Gasteiger partial charge in [0.1, 0.15) is 5.75 Å². The number of ether oxygens (including phenoxy) is 1. The monoisotopic (exact) mass is 307 g/mol. The van der Waals surface area contributed by atoms with Crippen LogP contribution in [-0.2, 0) is 9.59 Å². The molecule has 0 aliphatic carbocycles. The third-order valence-corrected chi connectivity index (χ3v) is 3.47. The standard InChI is InChI=1S/C16H25N3O3/c1-6-19(12(2)16(21)18(3)4)11-15(20)17-13-7-9-14(22-5)10-8-13/h7-10,12H,6,11H2,1-5H3,(H,17,20)/t12-/m0/s1. The van der Waals surface area contributed by atoms with Crippen molar-refractivity contribution in [3.05, 3.63) is 24.3 Å². The van der Waals surface area contributed by atoms with E-state index in [4.69, 9.17) is 4.74 Å². The second kappa shape index (κ2) is 8.38. The fraction of sp³-hybridized carbons (Fsp3) is 0.500. The molecule has 0 heterocycles. The van der Waals surface area contributed by atoms with Crippen molar-refractivity contribution < 1.29 is 14.3 Å². The molecule has 1 aromatic carbocycles. The van der Waals surface area contributed by atoms with Crippen LogP contribution in [0.5, 0.6) is 5.75 Å². The maximum Gasteiger partial charge on any atom is 0.239 e. The Morgan fingerprint density at radius 2 is 1.82 bits per heavy atom. The Bertz CT molecular complexity index is 500. The quantitative estimate of drug-likeness (QED) is 0.828. The minimum absolute atomic E-state index is 0.0147. The molecular weight excluding hydrogens is 282 g/mol. The van der Waals surface area contributed by atoms with Gasteiger partial charge in [0.05, 0.1) is 19.7 Å². The van der Waals surface area contributed by atoms with E-state index in [9.17, 15) is 9.59 Å². The van der Waals surface area contributed by atoms with E-state index in [0.29, 0.717) is 12.2 Å². The summed E-state index contributed by atoms with van der Waals surface area (Å²) < 4.78 is 5.07. The van der Waals surface area contributed by atoms with Gasteiger partial charge >= 0.3 is 0 Å². The highest BCUT2D eigenvalue weighted by Gasteiger charge is 2.23. The van der Waals surface area contributed by atoms with Crippen molar-refractivity contribution in [3.8, 4) is 5.75 Å². The van der Waals surface area contributed by atoms with E-state index in [1.54, 1.807) is 45.5 Å². The summed E-state index contributed by atoms with van der Waals surface area (Å²) in [6, 6.07) is 6.79. The predicted octanol–water partition coefficient (Wildman–Crippen LogP) is 1.43. The third kappa shape index (κ3) is 5.04. The summed E-state index contributed by atoms with van der Waals surface area (Å²) in [7, 11) is 5.02. The Hall–Kier alpha value is -2.08. The first-order valence-electron chi connectivity index (χ1n) is 7.28. The van der Waals surface area contributed by atoms with E-state index >= 15 is 0 Å². The number of rotatable bonds is 7. The summed E-state index contributed by atoms with van der Waals surface area (Å²) in [6.45, 7) is 4.53. The van der Waals surface area contributed by atoms with Gasteiger partial charge in [-0.25, -0.2) is 0 Å². The van der Waals surface area contributed by atoms with Crippen molar-refractivity contribution in [1.82, 2.24) is 9.80 Å². The lowest BCUT2D eigenvalue weighted by atomic mass is 10.2. The van der Waals surface area contributed by atoms with Crippen LogP contribution >= 0.6 is 0 Å². The van der Waals surface area contributed by atoms with Gasteiger partial charge in [0.2, 0.25) is 11.8 Å². The first-order valence-corrected chi connectivity index (χ1v) is 7.28. The van der Waals surface area contributed by atoms with Crippen LogP contribution in [0.15, 0.2) is 24.3 Å². The molecular formula is C16H25N3O3. The van der Waals surface area contributed by atoms with Crippen LogP contribution in [0.25, 0.3) is 0 Å². The number of nitrogens with one attached hydrogen (secondary N) is 1. The van der Waals surface area contributed by atoms with Gasteiger partial charge in [0.15, 0.2) is 0 Å². The van der Waals surface area contributed by atoms with E-state index < -0.39 is 0 Å². The fourth-order valence-corrected chi connectivity index (χ4v) is 2.11. The molecule has 0 fully saturated rings. The SMILES string of the molecule is CCN(CC(=O)Nc1ccc(OC)cc1)[C@@H](C)C(=O)N(C)C. The number of benzene rings is 1. The van der Waals surface area contributed by atoms with Crippen molar-refractivity contribution in [3.63, 3.8) is 0 Å². The first-order chi connectivity index (χ1) is 10.4. The molecule has 0 aliphatic heterocycles. The summed E-state index contributed by atoms with van der Waals surface area (Å²) in [5.74, 6) is 0.572. The van der Waals surface area contributed by atoms with Gasteiger partial charge in [0.25, 0.3) is 0 Å². The molecule has 1 atom stereocenters. The van der Waals surface area contributed by atoms with Gasteiger partial charge in [0, 0.05) is 19.8 Å². The number of carbonyl (C=O) groups is 2. The number of nitrogens with zero attached hydrogens (tertiary/aromatic N) is 2. The number of likely N-dealkylation sites (N-methyl/N-ethyl adjacent to an activating group) is 2. The van der Waals surface area contributed by atoms with Crippen LogP contribution < -0.4 is 10.1 Å². The zero-order chi connectivity index (χ0) is 16.7. The Morgan fingerprint density at radius 1 is 1.23 bits per heavy atom. The van der Waals surface area contributed by atoms with Crippen molar-refractivity contribution >= 4 is 17.5 Å². The number of hydrogen-bond donors (Lipinski definition) is 1. The predicted molar refractivity (Wildman–Crippen MR) is 87.0 cm³/mol. The molecule has 6 nitrogen and oxygen atoms in total. The Morgan fingerprint density at radius 3 is 2.27 bits per heavy atom. The van der Waals surface area contributed by atoms with Crippen LogP contribution in [0.1, 0.15) is 13.8 Å². The molecule has 1 rings (SSSR count). The number of carbonyl (C=O) groups excluding carboxylic acids is 2. The molecule has 2 amide bonds. The van der Waals surface area contributed by atoms with E-state index in [2.05, 4.69) is 5.32 Å². The summed E-state index contributed by atoms with van der Waals surface area (Å²) in [6.07, 6.45) is 0. The summed E-state index contributed by atoms with van der Waals surface area (Å²) >= 11 is 0. The smallest absolute Gasteiger partial charge is 0.239 e. The molecule has 122 valence electrons. The molecule has 0 saturated carbocycles. The minimum atomic E-state index is -0.332. The lowest BCUT2D eigenvalue weighted by molar-refractivity contribution is -0.134. The zero-order valence-electron chi connectivity index (χ0n) is 13.9. The molecule has 0 unspecified atom stereocenters. The molecule has 1 aromatic rings. The van der Waals surface area contributed by atoms with Crippen LogP contribution in [0.2, 0.25) is 0 Å². The normalized spacial score (nSPS) is 11.9. The van der Waals surface area contributed by atoms with Crippen LogP contribution in [0.3, 0.4) is 0 Å². The Labute approximate surface area is 132 Å². The van der Waals surface area contributed by atoms with Gasteiger partial charge in [-0.15, -0.1) is 0 Å². The molecule has 22 heavy (non-hydrogen) atoms. The number of hydrogen-bond acceptors (Lipinski definition) is 4. The van der Waals surface area contributed by atoms with Crippen LogP contribution in [-0.4, -0.2) is 62.0 Å². The second-order valence-electron chi connectivity index (χ2n) is 5.25. The molecule has 0 radical (unpaired) electrons. The molecule has 0 saturated heterocycles. The van der Waals surface area contributed by atoms with Crippen molar-refractivity contribution in [2.45, 2.75) is 19.9 Å². The average Bonchev–Trinajstić information content (AvgIpc) is 2.51. The Kier molecular flexibility index (Phi) is 6.85. The first kappa shape index (κ1) is 18.0. The van der Waals surface area contributed by atoms with Crippen molar-refractivity contribution in [2.75, 3.05) is 39.6 Å². The van der Waals surface area contributed by atoms with Crippen molar-refractivity contribution in [1.29, 1.82) is 0 Å². The number of methoxy groups -OCH3 is 1. The lowest BCUT2D eigenvalue weighted by Crippen LogP contribution is -2.47. The fourth-order valence-electron chi connectivity index (χ4n) is 2.11. The van der Waals surface area contributed by atoms with Gasteiger partial charge in [-0.3, -0.25) is 14.5 Å². The lowest BCUT2D eigenvalue weighted by Gasteiger charge is -2.28. The molecule has 1 N–H and O–H groups in total. The zero-order valence-corrected chi connectivity index (χ0v) is 13.9. The van der Waals surface area contributed by atoms with E-state index in [-0.39, 0.29) is 24.4 Å². The maximum atomic E-state index is 12.1. The average molecular weight is 307 g/mol. The van der Waals surface area contributed by atoms with E-state index in [1.165, 1.54) is 4.90 Å². The maximum absolute atomic E-state index is 12.1. The van der Waals surface area contributed by atoms with Crippen LogP contribution in [0, 0.1) is 0 Å². The van der Waals surface area contributed by atoms with Gasteiger partial charge in [-0.05, 0) is 37.7 Å². The molecule has 0 aromatic heterocycles.